The summed E-state index contributed by atoms with van der Waals surface area (Å²) < 4.78 is 4.91. The van der Waals surface area contributed by atoms with Crippen LogP contribution in [-0.4, -0.2) is 24.1 Å². The quantitative estimate of drug-likeness (QED) is 0.177. The molecule has 0 atom stereocenters. The summed E-state index contributed by atoms with van der Waals surface area (Å²) in [5, 5.41) is 9.55. The first kappa shape index (κ1) is 32.4. The van der Waals surface area contributed by atoms with Gasteiger partial charge in [0, 0.05) is 49.3 Å². The highest BCUT2D eigenvalue weighted by Gasteiger charge is 2.23. The van der Waals surface area contributed by atoms with E-state index in [0.717, 1.165) is 44.4 Å². The maximum Gasteiger partial charge on any atom is 0.164 e. The van der Waals surface area contributed by atoms with E-state index < -0.39 is 0 Å². The summed E-state index contributed by atoms with van der Waals surface area (Å²) in [5.41, 5.74) is 9.77. The molecule has 3 heterocycles. The molecule has 0 N–H and O–H groups in total. The lowest BCUT2D eigenvalue weighted by atomic mass is 10.0. The van der Waals surface area contributed by atoms with Crippen molar-refractivity contribution in [2.45, 2.75) is 0 Å². The summed E-state index contributed by atoms with van der Waals surface area (Å²) in [6.07, 6.45) is 0. The zero-order chi connectivity index (χ0) is 38.2. The van der Waals surface area contributed by atoms with E-state index in [1.807, 2.05) is 36.4 Å². The van der Waals surface area contributed by atoms with E-state index >= 15 is 0 Å². The van der Waals surface area contributed by atoms with Gasteiger partial charge in [-0.1, -0.05) is 164 Å². The molecule has 0 radical (unpaired) electrons. The van der Waals surface area contributed by atoms with Gasteiger partial charge in [-0.15, -0.1) is 0 Å². The van der Waals surface area contributed by atoms with Crippen molar-refractivity contribution in [2.75, 3.05) is 0 Å². The molecular weight excluding hydrogens is 707 g/mol. The molecule has 0 saturated heterocycles. The number of hydrogen-bond donors (Lipinski definition) is 0. The number of fused-ring (bicyclic) bond motifs is 10. The second kappa shape index (κ2) is 12.8. The summed E-state index contributed by atoms with van der Waals surface area (Å²) in [6, 6.07) is 70.9. The van der Waals surface area contributed by atoms with Crippen molar-refractivity contribution in [3.8, 4) is 45.5 Å². The van der Waals surface area contributed by atoms with Gasteiger partial charge in [0.2, 0.25) is 0 Å². The molecule has 9 aromatic carbocycles. The number of para-hydroxylation sites is 2. The zero-order valence-corrected chi connectivity index (χ0v) is 31.3. The molecule has 0 saturated carbocycles. The molecule has 12 rings (SSSR count). The average Bonchev–Trinajstić information content (AvgIpc) is 3.82. The molecular formula is C53H33N5. The van der Waals surface area contributed by atoms with Crippen LogP contribution in [0.1, 0.15) is 0 Å². The van der Waals surface area contributed by atoms with Crippen molar-refractivity contribution in [1.82, 2.24) is 24.1 Å². The Morgan fingerprint density at radius 1 is 0.310 bits per heavy atom. The number of nitrogens with zero attached hydrogens (tertiary/aromatic N) is 5. The highest BCUT2D eigenvalue weighted by molar-refractivity contribution is 6.30. The van der Waals surface area contributed by atoms with Crippen LogP contribution in [0.5, 0.6) is 0 Å². The van der Waals surface area contributed by atoms with E-state index in [0.29, 0.717) is 17.5 Å². The van der Waals surface area contributed by atoms with Gasteiger partial charge >= 0.3 is 0 Å². The van der Waals surface area contributed by atoms with Crippen LogP contribution in [0, 0.1) is 0 Å². The molecule has 5 heteroatoms. The second-order valence-electron chi connectivity index (χ2n) is 14.8. The van der Waals surface area contributed by atoms with Crippen LogP contribution in [-0.2, 0) is 0 Å². The maximum absolute atomic E-state index is 5.15. The number of aromatic nitrogens is 5. The smallest absolute Gasteiger partial charge is 0.164 e. The summed E-state index contributed by atoms with van der Waals surface area (Å²) in [4.78, 5) is 15.3. The van der Waals surface area contributed by atoms with Gasteiger partial charge in [0.15, 0.2) is 17.5 Å². The lowest BCUT2D eigenvalue weighted by Gasteiger charge is -2.15. The van der Waals surface area contributed by atoms with E-state index in [9.17, 15) is 0 Å². The number of hydrogen-bond acceptors (Lipinski definition) is 3. The average molecular weight is 740 g/mol. The molecule has 0 unspecified atom stereocenters. The van der Waals surface area contributed by atoms with Crippen LogP contribution in [0.4, 0.5) is 0 Å². The van der Waals surface area contributed by atoms with Crippen LogP contribution in [0.2, 0.25) is 0 Å². The van der Waals surface area contributed by atoms with Gasteiger partial charge in [0.1, 0.15) is 0 Å². The zero-order valence-electron chi connectivity index (χ0n) is 31.3. The maximum atomic E-state index is 5.15. The van der Waals surface area contributed by atoms with Crippen LogP contribution in [0.3, 0.4) is 0 Å². The predicted octanol–water partition coefficient (Wildman–Crippen LogP) is 13.4. The molecule has 0 amide bonds. The van der Waals surface area contributed by atoms with Crippen molar-refractivity contribution in [1.29, 1.82) is 0 Å². The summed E-state index contributed by atoms with van der Waals surface area (Å²) in [6.45, 7) is 0. The van der Waals surface area contributed by atoms with E-state index in [2.05, 4.69) is 173 Å². The van der Waals surface area contributed by atoms with Crippen molar-refractivity contribution < 1.29 is 0 Å². The van der Waals surface area contributed by atoms with Gasteiger partial charge in [-0.3, -0.25) is 0 Å². The van der Waals surface area contributed by atoms with Crippen molar-refractivity contribution >= 4 is 65.2 Å². The fraction of sp³-hybridized carbons (Fsp3) is 0. The lowest BCUT2D eigenvalue weighted by molar-refractivity contribution is 1.08. The van der Waals surface area contributed by atoms with Crippen molar-refractivity contribution in [2.24, 2.45) is 0 Å². The number of rotatable bonds is 5. The minimum atomic E-state index is 0.636. The molecule has 3 aromatic heterocycles. The Kier molecular flexibility index (Phi) is 7.16. The van der Waals surface area contributed by atoms with Crippen LogP contribution < -0.4 is 0 Å². The normalized spacial score (nSPS) is 11.8. The third-order valence-corrected chi connectivity index (χ3v) is 11.5. The lowest BCUT2D eigenvalue weighted by Crippen LogP contribution is -2.01. The first-order valence-electron chi connectivity index (χ1n) is 19.6. The van der Waals surface area contributed by atoms with Gasteiger partial charge < -0.3 is 9.13 Å². The molecule has 0 fully saturated rings. The van der Waals surface area contributed by atoms with Crippen LogP contribution >= 0.6 is 0 Å². The third-order valence-electron chi connectivity index (χ3n) is 11.5. The van der Waals surface area contributed by atoms with Gasteiger partial charge in [-0.05, 0) is 52.6 Å². The van der Waals surface area contributed by atoms with E-state index in [-0.39, 0.29) is 0 Å². The first-order chi connectivity index (χ1) is 28.8. The largest absolute Gasteiger partial charge is 0.309 e. The van der Waals surface area contributed by atoms with Crippen LogP contribution in [0.25, 0.3) is 111 Å². The Hall–Kier alpha value is -7.89. The Morgan fingerprint density at radius 2 is 0.879 bits per heavy atom. The first-order valence-corrected chi connectivity index (χ1v) is 19.6. The molecule has 0 aliphatic heterocycles. The van der Waals surface area contributed by atoms with Crippen LogP contribution in [0.15, 0.2) is 200 Å². The highest BCUT2D eigenvalue weighted by atomic mass is 15.0. The number of benzene rings is 9. The molecule has 0 bridgehead atoms. The SMILES string of the molecule is c1ccc(-c2nc(-c3ccccc3)nc(-c3cccc4c(-n5c6ccc7ccccc7c6c6ccc7c(c8ccccc8n7-c7ccccc7)c65)cccc34)n2)cc1. The molecule has 0 spiro atoms. The highest BCUT2D eigenvalue weighted by Crippen LogP contribution is 2.45. The van der Waals surface area contributed by atoms with Gasteiger partial charge in [0.05, 0.1) is 27.8 Å². The van der Waals surface area contributed by atoms with Crippen molar-refractivity contribution in [3.63, 3.8) is 0 Å². The predicted molar refractivity (Wildman–Crippen MR) is 240 cm³/mol. The minimum absolute atomic E-state index is 0.636. The minimum Gasteiger partial charge on any atom is -0.309 e. The second-order valence-corrected chi connectivity index (χ2v) is 14.8. The standard InChI is InChI=1S/C53H33N5/c1-4-17-35(18-5-1)51-54-52(36-19-6-2-7-20-36)56-53(55-51)41-27-14-26-40-39(41)25-15-29-44(40)58-46-32-30-34-16-10-11-23-38(34)48(46)43-31-33-47-49(50(43)58)42-24-12-13-28-45(42)57(47)37-21-8-3-9-22-37/h1-33H. The van der Waals surface area contributed by atoms with E-state index in [1.165, 1.54) is 48.9 Å². The van der Waals surface area contributed by atoms with Gasteiger partial charge in [-0.25, -0.2) is 15.0 Å². The Morgan fingerprint density at radius 3 is 1.64 bits per heavy atom. The van der Waals surface area contributed by atoms with E-state index in [1.54, 1.807) is 0 Å². The molecule has 5 nitrogen and oxygen atoms in total. The monoisotopic (exact) mass is 739 g/mol. The summed E-state index contributed by atoms with van der Waals surface area (Å²) >= 11 is 0. The summed E-state index contributed by atoms with van der Waals surface area (Å²) in [7, 11) is 0. The van der Waals surface area contributed by atoms with Gasteiger partial charge in [0.25, 0.3) is 0 Å². The molecule has 58 heavy (non-hydrogen) atoms. The fourth-order valence-corrected chi connectivity index (χ4v) is 9.04. The Bertz CT molecular complexity index is 3490. The molecule has 12 aromatic rings. The molecule has 0 aliphatic rings. The molecule has 270 valence electrons. The fourth-order valence-electron chi connectivity index (χ4n) is 9.04. The van der Waals surface area contributed by atoms with Crippen molar-refractivity contribution in [3.05, 3.63) is 200 Å². The van der Waals surface area contributed by atoms with E-state index in [4.69, 9.17) is 15.0 Å². The molecule has 0 aliphatic carbocycles. The Balaban J connectivity index is 1.19. The third kappa shape index (κ3) is 4.87. The topological polar surface area (TPSA) is 48.5 Å². The van der Waals surface area contributed by atoms with Gasteiger partial charge in [-0.2, -0.15) is 0 Å². The Labute approximate surface area is 333 Å². The summed E-state index contributed by atoms with van der Waals surface area (Å²) in [5.74, 6) is 1.92.